The van der Waals surface area contributed by atoms with Gasteiger partial charge < -0.3 is 5.32 Å². The van der Waals surface area contributed by atoms with Crippen LogP contribution in [0.4, 0.5) is 5.69 Å². The fraction of sp³-hybridized carbons (Fsp3) is 0.143. The fourth-order valence-corrected chi connectivity index (χ4v) is 4.39. The Balaban J connectivity index is 1.96. The number of hydrogen-bond acceptors (Lipinski definition) is 3. The largest absolute Gasteiger partial charge is 0.321 e. The van der Waals surface area contributed by atoms with Gasteiger partial charge in [0.05, 0.1) is 5.02 Å². The number of rotatable bonds is 3. The predicted octanol–water partition coefficient (Wildman–Crippen LogP) is 6.03. The molecule has 3 nitrogen and oxygen atoms in total. The zero-order valence-corrected chi connectivity index (χ0v) is 16.3. The van der Waals surface area contributed by atoms with Crippen LogP contribution in [0.3, 0.4) is 0 Å². The summed E-state index contributed by atoms with van der Waals surface area (Å²) in [4.78, 5) is 13.3. The highest BCUT2D eigenvalue weighted by Crippen LogP contribution is 2.36. The molecule has 1 N–H and O–H groups in total. The average molecular weight is 381 g/mol. The van der Waals surface area contributed by atoms with Gasteiger partial charge in [-0.3, -0.25) is 4.79 Å². The number of nitrogens with one attached hydrogen (secondary N) is 1. The third-order valence-corrected chi connectivity index (χ3v) is 5.75. The molecule has 2 aromatic carbocycles. The highest BCUT2D eigenvalue weighted by molar-refractivity contribution is 7.20. The summed E-state index contributed by atoms with van der Waals surface area (Å²) in [5, 5.41) is 13.8. The number of nitriles is 1. The monoisotopic (exact) mass is 380 g/mol. The lowest BCUT2D eigenvalue weighted by molar-refractivity contribution is -0.112. The minimum atomic E-state index is -0.434. The van der Waals surface area contributed by atoms with Crippen molar-refractivity contribution in [2.24, 2.45) is 0 Å². The first-order chi connectivity index (χ1) is 12.4. The van der Waals surface area contributed by atoms with Gasteiger partial charge in [0.15, 0.2) is 0 Å². The molecule has 0 unspecified atom stereocenters. The van der Waals surface area contributed by atoms with Gasteiger partial charge >= 0.3 is 0 Å². The zero-order valence-electron chi connectivity index (χ0n) is 14.7. The first kappa shape index (κ1) is 18.2. The lowest BCUT2D eigenvalue weighted by Crippen LogP contribution is -2.15. The van der Waals surface area contributed by atoms with E-state index in [1.54, 1.807) is 6.08 Å². The molecular formula is C21H17ClN2OS. The molecule has 3 aromatic rings. The fourth-order valence-electron chi connectivity index (χ4n) is 2.96. The molecule has 26 heavy (non-hydrogen) atoms. The molecule has 5 heteroatoms. The van der Waals surface area contributed by atoms with Crippen molar-refractivity contribution in [2.45, 2.75) is 20.8 Å². The van der Waals surface area contributed by atoms with Crippen LogP contribution in [0.2, 0.25) is 5.02 Å². The van der Waals surface area contributed by atoms with Crippen LogP contribution in [-0.2, 0) is 4.79 Å². The van der Waals surface area contributed by atoms with E-state index in [9.17, 15) is 10.1 Å². The normalized spacial score (nSPS) is 11.4. The molecule has 130 valence electrons. The standard InChI is InChI=1S/C21H17ClN2OS/c1-12-8-13(2)20(14(3)9-12)24-21(25)15(11-23)10-18-19(22)16-6-4-5-7-17(16)26-18/h4-10H,1-3H3,(H,24,25)/b15-10+. The van der Waals surface area contributed by atoms with E-state index in [1.165, 1.54) is 11.3 Å². The van der Waals surface area contributed by atoms with Crippen LogP contribution in [0, 0.1) is 32.1 Å². The van der Waals surface area contributed by atoms with Crippen molar-refractivity contribution in [2.75, 3.05) is 5.32 Å². The molecule has 0 radical (unpaired) electrons. The molecule has 0 aliphatic carbocycles. The second-order valence-corrected chi connectivity index (χ2v) is 7.64. The Labute approximate surface area is 161 Å². The number of carbonyl (C=O) groups excluding carboxylic acids is 1. The van der Waals surface area contributed by atoms with Crippen molar-refractivity contribution in [3.05, 3.63) is 68.6 Å². The topological polar surface area (TPSA) is 52.9 Å². The van der Waals surface area contributed by atoms with Crippen LogP contribution in [0.15, 0.2) is 42.0 Å². The van der Waals surface area contributed by atoms with E-state index in [-0.39, 0.29) is 5.57 Å². The van der Waals surface area contributed by atoms with Gasteiger partial charge in [0.2, 0.25) is 0 Å². The van der Waals surface area contributed by atoms with Gasteiger partial charge in [-0.05, 0) is 44.0 Å². The van der Waals surface area contributed by atoms with Crippen molar-refractivity contribution < 1.29 is 4.79 Å². The SMILES string of the molecule is Cc1cc(C)c(NC(=O)/C(C#N)=C/c2sc3ccccc3c2Cl)c(C)c1. The van der Waals surface area contributed by atoms with Crippen molar-refractivity contribution in [1.82, 2.24) is 0 Å². The Morgan fingerprint density at radius 1 is 1.19 bits per heavy atom. The van der Waals surface area contributed by atoms with Gasteiger partial charge in [0.1, 0.15) is 11.6 Å². The summed E-state index contributed by atoms with van der Waals surface area (Å²) < 4.78 is 1.02. The maximum Gasteiger partial charge on any atom is 0.266 e. The van der Waals surface area contributed by atoms with E-state index in [0.717, 1.165) is 32.5 Å². The van der Waals surface area contributed by atoms with Gasteiger partial charge in [-0.25, -0.2) is 0 Å². The highest BCUT2D eigenvalue weighted by Gasteiger charge is 2.15. The van der Waals surface area contributed by atoms with Crippen molar-refractivity contribution in [3.8, 4) is 6.07 Å². The molecule has 0 atom stereocenters. The number of amides is 1. The molecule has 1 heterocycles. The van der Waals surface area contributed by atoms with Gasteiger partial charge in [0, 0.05) is 20.7 Å². The molecule has 0 aliphatic rings. The molecule has 0 aliphatic heterocycles. The first-order valence-electron chi connectivity index (χ1n) is 8.08. The van der Waals surface area contributed by atoms with Crippen molar-refractivity contribution in [1.29, 1.82) is 5.26 Å². The minimum Gasteiger partial charge on any atom is -0.321 e. The number of anilines is 1. The molecule has 0 saturated heterocycles. The summed E-state index contributed by atoms with van der Waals surface area (Å²) in [6, 6.07) is 13.7. The van der Waals surface area contributed by atoms with E-state index in [2.05, 4.69) is 5.32 Å². The third-order valence-electron chi connectivity index (χ3n) is 4.12. The second kappa shape index (κ2) is 7.33. The van der Waals surface area contributed by atoms with E-state index >= 15 is 0 Å². The number of hydrogen-bond donors (Lipinski definition) is 1. The van der Waals surface area contributed by atoms with E-state index in [1.807, 2.05) is 63.2 Å². The maximum absolute atomic E-state index is 12.6. The summed E-state index contributed by atoms with van der Waals surface area (Å²) in [7, 11) is 0. The van der Waals surface area contributed by atoms with Gasteiger partial charge in [0.25, 0.3) is 5.91 Å². The predicted molar refractivity (Wildman–Crippen MR) is 110 cm³/mol. The average Bonchev–Trinajstić information content (AvgIpc) is 2.92. The summed E-state index contributed by atoms with van der Waals surface area (Å²) >= 11 is 7.88. The Morgan fingerprint density at radius 2 is 1.85 bits per heavy atom. The van der Waals surface area contributed by atoms with Gasteiger partial charge in [-0.2, -0.15) is 5.26 Å². The van der Waals surface area contributed by atoms with Gasteiger partial charge in [-0.15, -0.1) is 11.3 Å². The molecular weight excluding hydrogens is 364 g/mol. The third kappa shape index (κ3) is 3.50. The Kier molecular flexibility index (Phi) is 5.13. The van der Waals surface area contributed by atoms with E-state index < -0.39 is 5.91 Å². The summed E-state index contributed by atoms with van der Waals surface area (Å²) in [6.07, 6.45) is 1.56. The Hall–Kier alpha value is -2.61. The summed E-state index contributed by atoms with van der Waals surface area (Å²) in [5.74, 6) is -0.434. The smallest absolute Gasteiger partial charge is 0.266 e. The van der Waals surface area contributed by atoms with E-state index in [0.29, 0.717) is 9.90 Å². The van der Waals surface area contributed by atoms with Crippen molar-refractivity contribution >= 4 is 50.7 Å². The maximum atomic E-state index is 12.6. The zero-order chi connectivity index (χ0) is 18.8. The molecule has 1 amide bonds. The van der Waals surface area contributed by atoms with Crippen LogP contribution in [0.25, 0.3) is 16.2 Å². The number of fused-ring (bicyclic) bond motifs is 1. The molecule has 0 fully saturated rings. The lowest BCUT2D eigenvalue weighted by Gasteiger charge is -2.12. The number of thiophene rings is 1. The first-order valence-corrected chi connectivity index (χ1v) is 9.28. The Bertz CT molecular complexity index is 1070. The van der Waals surface area contributed by atoms with Crippen molar-refractivity contribution in [3.63, 3.8) is 0 Å². The molecule has 1 aromatic heterocycles. The molecule has 0 saturated carbocycles. The summed E-state index contributed by atoms with van der Waals surface area (Å²) in [6.45, 7) is 5.89. The molecule has 3 rings (SSSR count). The minimum absolute atomic E-state index is 0.0258. The van der Waals surface area contributed by atoms with Crippen LogP contribution in [0.1, 0.15) is 21.6 Å². The van der Waals surface area contributed by atoms with Crippen LogP contribution >= 0.6 is 22.9 Å². The lowest BCUT2D eigenvalue weighted by atomic mass is 10.0. The number of aryl methyl sites for hydroxylation is 3. The Morgan fingerprint density at radius 3 is 2.46 bits per heavy atom. The molecule has 0 bridgehead atoms. The number of halogens is 1. The number of nitrogens with zero attached hydrogens (tertiary/aromatic N) is 1. The van der Waals surface area contributed by atoms with Crippen LogP contribution < -0.4 is 5.32 Å². The molecule has 0 spiro atoms. The van der Waals surface area contributed by atoms with Gasteiger partial charge in [-0.1, -0.05) is 47.5 Å². The highest BCUT2D eigenvalue weighted by atomic mass is 35.5. The van der Waals surface area contributed by atoms with Crippen LogP contribution in [0.5, 0.6) is 0 Å². The number of benzene rings is 2. The van der Waals surface area contributed by atoms with Crippen LogP contribution in [-0.4, -0.2) is 5.91 Å². The summed E-state index contributed by atoms with van der Waals surface area (Å²) in [5.41, 5.74) is 3.83. The number of carbonyl (C=O) groups is 1. The second-order valence-electron chi connectivity index (χ2n) is 6.17. The quantitative estimate of drug-likeness (QED) is 0.445. The van der Waals surface area contributed by atoms with E-state index in [4.69, 9.17) is 11.6 Å².